The molecule has 2 aliphatic heterocycles. The van der Waals surface area contributed by atoms with Gasteiger partial charge in [0.15, 0.2) is 12.6 Å². The largest absolute Gasteiger partial charge is 0.535 e. The molecule has 0 unspecified atom stereocenters. The summed E-state index contributed by atoms with van der Waals surface area (Å²) in [5.74, 6) is 0.548. The third-order valence-electron chi connectivity index (χ3n) is 3.48. The summed E-state index contributed by atoms with van der Waals surface area (Å²) in [7, 11) is -0.952. The lowest BCUT2D eigenvalue weighted by atomic mass is 9.78. The van der Waals surface area contributed by atoms with E-state index in [9.17, 15) is 15.2 Å². The quantitative estimate of drug-likeness (QED) is 0.524. The minimum Gasteiger partial charge on any atom is -0.535 e. The van der Waals surface area contributed by atoms with Gasteiger partial charge in [0, 0.05) is 0 Å². The molecule has 1 aromatic rings. The smallest absolute Gasteiger partial charge is 0.522 e. The van der Waals surface area contributed by atoms with Gasteiger partial charge in [0.1, 0.15) is 18.1 Å². The molecule has 2 aliphatic rings. The summed E-state index contributed by atoms with van der Waals surface area (Å²) >= 11 is 0. The summed E-state index contributed by atoms with van der Waals surface area (Å²) in [4.78, 5) is 0. The van der Waals surface area contributed by atoms with Gasteiger partial charge < -0.3 is 34.1 Å². The molecule has 0 bridgehead atoms. The van der Waals surface area contributed by atoms with E-state index < -0.39 is 19.7 Å². The average molecular weight is 296 g/mol. The van der Waals surface area contributed by atoms with Crippen LogP contribution < -0.4 is 9.39 Å². The predicted octanol–water partition coefficient (Wildman–Crippen LogP) is -0.163. The minimum absolute atomic E-state index is 0.115. The summed E-state index contributed by atoms with van der Waals surface area (Å²) < 4.78 is 21.4. The molecule has 3 rings (SSSR count). The van der Waals surface area contributed by atoms with Crippen LogP contribution in [0.4, 0.5) is 0 Å². The summed E-state index contributed by atoms with van der Waals surface area (Å²) in [5.41, 5.74) is 0.924. The Kier molecular flexibility index (Phi) is 4.32. The normalized spacial score (nSPS) is 18.8. The number of aliphatic hydroxyl groups excluding tert-OH is 1. The van der Waals surface area contributed by atoms with Crippen LogP contribution in [0.2, 0.25) is 6.32 Å². The predicted molar refractivity (Wildman–Crippen MR) is 71.9 cm³/mol. The second-order valence-electron chi connectivity index (χ2n) is 4.93. The van der Waals surface area contributed by atoms with Crippen molar-refractivity contribution in [3.8, 4) is 11.5 Å². The van der Waals surface area contributed by atoms with Crippen molar-refractivity contribution in [1.29, 1.82) is 0 Å². The van der Waals surface area contributed by atoms with E-state index in [1.54, 1.807) is 12.1 Å². The van der Waals surface area contributed by atoms with E-state index in [1.165, 1.54) is 0 Å². The fourth-order valence-corrected chi connectivity index (χ4v) is 2.47. The highest BCUT2D eigenvalue weighted by molar-refractivity contribution is 6.44. The molecule has 0 saturated carbocycles. The van der Waals surface area contributed by atoms with Gasteiger partial charge in [-0.2, -0.15) is 0 Å². The lowest BCUT2D eigenvalue weighted by Gasteiger charge is -2.25. The first-order chi connectivity index (χ1) is 10.1. The third-order valence-corrected chi connectivity index (χ3v) is 3.48. The van der Waals surface area contributed by atoms with Crippen molar-refractivity contribution < 1.29 is 34.1 Å². The monoisotopic (exact) mass is 296 g/mol. The van der Waals surface area contributed by atoms with Crippen molar-refractivity contribution >= 4 is 7.12 Å². The lowest BCUT2D eigenvalue weighted by molar-refractivity contribution is -0.0722. The van der Waals surface area contributed by atoms with E-state index in [0.717, 1.165) is 5.56 Å². The number of aliphatic hydroxyl groups is 2. The van der Waals surface area contributed by atoms with Crippen LogP contribution in [0.15, 0.2) is 12.1 Å². The van der Waals surface area contributed by atoms with Crippen LogP contribution in [0.3, 0.4) is 0 Å². The van der Waals surface area contributed by atoms with Gasteiger partial charge in [-0.25, -0.2) is 0 Å². The Morgan fingerprint density at radius 1 is 1.29 bits per heavy atom. The maximum atomic E-state index is 9.59. The molecule has 7 nitrogen and oxygen atoms in total. The van der Waals surface area contributed by atoms with Gasteiger partial charge in [-0.05, 0) is 24.4 Å². The van der Waals surface area contributed by atoms with Crippen molar-refractivity contribution in [1.82, 2.24) is 0 Å². The molecule has 1 aromatic carbocycles. The van der Waals surface area contributed by atoms with Crippen LogP contribution in [-0.4, -0.2) is 48.5 Å². The van der Waals surface area contributed by atoms with Gasteiger partial charge in [0.2, 0.25) is 0 Å². The molecule has 8 heteroatoms. The Hall–Kier alpha value is -1.32. The molecular formula is C13H17BO7. The second-order valence-corrected chi connectivity index (χ2v) is 4.93. The van der Waals surface area contributed by atoms with Crippen molar-refractivity contribution in [3.05, 3.63) is 23.3 Å². The van der Waals surface area contributed by atoms with Gasteiger partial charge in [0.25, 0.3) is 0 Å². The molecule has 21 heavy (non-hydrogen) atoms. The summed E-state index contributed by atoms with van der Waals surface area (Å²) in [5, 5.41) is 28.8. The zero-order valence-corrected chi connectivity index (χ0v) is 11.4. The third kappa shape index (κ3) is 3.14. The van der Waals surface area contributed by atoms with E-state index in [1.807, 2.05) is 0 Å². The Morgan fingerprint density at radius 3 is 2.76 bits per heavy atom. The van der Waals surface area contributed by atoms with E-state index in [-0.39, 0.29) is 23.7 Å². The van der Waals surface area contributed by atoms with Gasteiger partial charge in [-0.15, -0.1) is 0 Å². The molecular weight excluding hydrogens is 279 g/mol. The highest BCUT2D eigenvalue weighted by Gasteiger charge is 2.30. The van der Waals surface area contributed by atoms with Crippen molar-refractivity contribution in [2.24, 2.45) is 0 Å². The highest BCUT2D eigenvalue weighted by atomic mass is 16.7. The van der Waals surface area contributed by atoms with Crippen molar-refractivity contribution in [2.75, 3.05) is 19.8 Å². The van der Waals surface area contributed by atoms with Gasteiger partial charge >= 0.3 is 7.12 Å². The summed E-state index contributed by atoms with van der Waals surface area (Å²) in [6.45, 7) is 1.17. The SMILES string of the molecule is OB1CCc2ccc(OCC3OCCO3)c(C(O)O)c2O1. The van der Waals surface area contributed by atoms with Crippen LogP contribution in [0, 0.1) is 0 Å². The maximum Gasteiger partial charge on any atom is 0.522 e. The van der Waals surface area contributed by atoms with E-state index >= 15 is 0 Å². The van der Waals surface area contributed by atoms with Crippen LogP contribution in [0.25, 0.3) is 0 Å². The fourth-order valence-electron chi connectivity index (χ4n) is 2.47. The molecule has 0 amide bonds. The maximum absolute atomic E-state index is 9.59. The van der Waals surface area contributed by atoms with E-state index in [0.29, 0.717) is 26.0 Å². The molecule has 0 spiro atoms. The van der Waals surface area contributed by atoms with Crippen molar-refractivity contribution in [2.45, 2.75) is 25.3 Å². The summed E-state index contributed by atoms with van der Waals surface area (Å²) in [6.07, 6.45) is -1.15. The average Bonchev–Trinajstić information content (AvgIpc) is 2.97. The number of benzene rings is 1. The van der Waals surface area contributed by atoms with Gasteiger partial charge in [-0.1, -0.05) is 6.07 Å². The topological polar surface area (TPSA) is 97.6 Å². The number of aryl methyl sites for hydroxylation is 1. The molecule has 0 atom stereocenters. The first-order valence-corrected chi connectivity index (χ1v) is 6.88. The second kappa shape index (κ2) is 6.21. The number of ether oxygens (including phenoxy) is 3. The van der Waals surface area contributed by atoms with Crippen molar-refractivity contribution in [3.63, 3.8) is 0 Å². The fraction of sp³-hybridized carbons (Fsp3) is 0.538. The Balaban J connectivity index is 1.83. The number of rotatable bonds is 4. The zero-order valence-electron chi connectivity index (χ0n) is 11.4. The summed E-state index contributed by atoms with van der Waals surface area (Å²) in [6, 6.07) is 3.45. The first kappa shape index (κ1) is 14.6. The number of hydrogen-bond donors (Lipinski definition) is 3. The molecule has 0 aliphatic carbocycles. The highest BCUT2D eigenvalue weighted by Crippen LogP contribution is 2.39. The standard InChI is InChI=1S/C13H17BO7/c15-13(16)11-9(20-7-10-18-5-6-19-10)2-1-8-3-4-14(17)21-12(8)11/h1-2,10,13,15-17H,3-7H2. The molecule has 0 aromatic heterocycles. The Labute approximate surface area is 122 Å². The number of hydrogen-bond acceptors (Lipinski definition) is 7. The molecule has 0 radical (unpaired) electrons. The number of fused-ring (bicyclic) bond motifs is 1. The zero-order chi connectivity index (χ0) is 14.8. The van der Waals surface area contributed by atoms with Crippen LogP contribution in [0.5, 0.6) is 11.5 Å². The first-order valence-electron chi connectivity index (χ1n) is 6.88. The minimum atomic E-state index is -1.76. The van der Waals surface area contributed by atoms with Crippen LogP contribution in [-0.2, 0) is 15.9 Å². The Bertz CT molecular complexity index is 502. The molecule has 2 heterocycles. The van der Waals surface area contributed by atoms with Gasteiger partial charge in [-0.3, -0.25) is 0 Å². The lowest BCUT2D eigenvalue weighted by Crippen LogP contribution is -2.28. The van der Waals surface area contributed by atoms with Crippen LogP contribution >= 0.6 is 0 Å². The molecule has 1 saturated heterocycles. The van der Waals surface area contributed by atoms with Gasteiger partial charge in [0.05, 0.1) is 18.8 Å². The molecule has 3 N–H and O–H groups in total. The van der Waals surface area contributed by atoms with Crippen LogP contribution in [0.1, 0.15) is 17.4 Å². The van der Waals surface area contributed by atoms with E-state index in [2.05, 4.69) is 0 Å². The molecule has 1 fully saturated rings. The Morgan fingerprint density at radius 2 is 2.05 bits per heavy atom. The molecule has 114 valence electrons. The van der Waals surface area contributed by atoms with E-state index in [4.69, 9.17) is 18.9 Å².